The Labute approximate surface area is 150 Å². The molecule has 1 amide bonds. The summed E-state index contributed by atoms with van der Waals surface area (Å²) in [6.45, 7) is 4.95. The Balaban J connectivity index is 2.11. The molecular weight excluding hydrogens is 358 g/mol. The number of carbonyl (C=O) groups excluding carboxylic acids is 1. The van der Waals surface area contributed by atoms with Crippen molar-refractivity contribution in [1.29, 1.82) is 0 Å². The van der Waals surface area contributed by atoms with Gasteiger partial charge in [0.05, 0.1) is 20.8 Å². The summed E-state index contributed by atoms with van der Waals surface area (Å²) in [5, 5.41) is 2.42. The van der Waals surface area contributed by atoms with Crippen LogP contribution in [-0.2, 0) is 21.1 Å². The summed E-state index contributed by atoms with van der Waals surface area (Å²) in [6, 6.07) is 4.98. The van der Waals surface area contributed by atoms with Gasteiger partial charge in [0, 0.05) is 13.2 Å². The van der Waals surface area contributed by atoms with E-state index in [0.717, 1.165) is 33.7 Å². The van der Waals surface area contributed by atoms with E-state index in [0.29, 0.717) is 0 Å². The third kappa shape index (κ3) is 2.73. The second-order valence-corrected chi connectivity index (χ2v) is 9.97. The second kappa shape index (κ2) is 6.10. The molecule has 0 fully saturated rings. The first-order valence-corrected chi connectivity index (χ1v) is 10.4. The standard InChI is InChI=1S/C17H21N3O3S2/c1-5-6-11-10-20-13-8-7-12(9-14(13)24-16(20)19-11)25(22,23)17(2,3)15(21)18-4/h7-10H,5-6H2,1-4H3,(H,18,21). The number of aryl methyl sites for hydroxylation is 1. The molecule has 0 aliphatic rings. The summed E-state index contributed by atoms with van der Waals surface area (Å²) >= 11 is 1.45. The van der Waals surface area contributed by atoms with Crippen LogP contribution in [0.1, 0.15) is 32.9 Å². The molecule has 0 aliphatic carbocycles. The number of carbonyl (C=O) groups is 1. The summed E-state index contributed by atoms with van der Waals surface area (Å²) in [5.41, 5.74) is 1.96. The van der Waals surface area contributed by atoms with Crippen LogP contribution in [-0.4, -0.2) is 35.5 Å². The molecule has 25 heavy (non-hydrogen) atoms. The van der Waals surface area contributed by atoms with Gasteiger partial charge in [-0.25, -0.2) is 13.4 Å². The lowest BCUT2D eigenvalue weighted by molar-refractivity contribution is -0.122. The quantitative estimate of drug-likeness (QED) is 0.739. The molecule has 1 aromatic carbocycles. The predicted octanol–water partition coefficient (Wildman–Crippen LogP) is 2.80. The molecule has 6 nitrogen and oxygen atoms in total. The fourth-order valence-corrected chi connectivity index (χ4v) is 5.39. The van der Waals surface area contributed by atoms with Gasteiger partial charge < -0.3 is 5.32 Å². The highest BCUT2D eigenvalue weighted by Crippen LogP contribution is 2.32. The molecule has 0 aliphatic heterocycles. The van der Waals surface area contributed by atoms with Crippen LogP contribution < -0.4 is 5.32 Å². The first-order valence-electron chi connectivity index (χ1n) is 8.09. The zero-order valence-electron chi connectivity index (χ0n) is 14.7. The number of thiazole rings is 1. The largest absolute Gasteiger partial charge is 0.358 e. The predicted molar refractivity (Wildman–Crippen MR) is 99.9 cm³/mol. The monoisotopic (exact) mass is 379 g/mol. The molecular formula is C17H21N3O3S2. The number of benzene rings is 1. The molecule has 3 aromatic rings. The Morgan fingerprint density at radius 2 is 2.08 bits per heavy atom. The normalized spacial score (nSPS) is 12.8. The highest BCUT2D eigenvalue weighted by Gasteiger charge is 2.42. The summed E-state index contributed by atoms with van der Waals surface area (Å²) in [7, 11) is -2.38. The van der Waals surface area contributed by atoms with Crippen molar-refractivity contribution in [3.63, 3.8) is 0 Å². The van der Waals surface area contributed by atoms with Gasteiger partial charge in [-0.05, 0) is 38.5 Å². The Morgan fingerprint density at radius 3 is 2.72 bits per heavy atom. The van der Waals surface area contributed by atoms with E-state index in [1.165, 1.54) is 32.2 Å². The van der Waals surface area contributed by atoms with Crippen molar-refractivity contribution < 1.29 is 13.2 Å². The van der Waals surface area contributed by atoms with Gasteiger partial charge in [0.25, 0.3) is 0 Å². The Bertz CT molecular complexity index is 1060. The number of fused-ring (bicyclic) bond motifs is 3. The molecule has 0 spiro atoms. The van der Waals surface area contributed by atoms with E-state index in [-0.39, 0.29) is 4.90 Å². The van der Waals surface area contributed by atoms with Gasteiger partial charge in [-0.1, -0.05) is 24.7 Å². The second-order valence-electron chi connectivity index (χ2n) is 6.46. The lowest BCUT2D eigenvalue weighted by atomic mass is 10.2. The van der Waals surface area contributed by atoms with Crippen molar-refractivity contribution >= 4 is 42.3 Å². The van der Waals surface area contributed by atoms with Crippen LogP contribution >= 0.6 is 11.3 Å². The van der Waals surface area contributed by atoms with E-state index in [9.17, 15) is 13.2 Å². The van der Waals surface area contributed by atoms with E-state index < -0.39 is 20.5 Å². The molecule has 0 saturated carbocycles. The molecule has 8 heteroatoms. The smallest absolute Gasteiger partial charge is 0.241 e. The number of imidazole rings is 1. The Hall–Kier alpha value is -1.93. The zero-order chi connectivity index (χ0) is 18.4. The maximum absolute atomic E-state index is 12.9. The van der Waals surface area contributed by atoms with Crippen LogP contribution in [0.2, 0.25) is 0 Å². The summed E-state index contributed by atoms with van der Waals surface area (Å²) in [6.07, 6.45) is 3.95. The number of nitrogens with one attached hydrogen (secondary N) is 1. The molecule has 1 N–H and O–H groups in total. The molecule has 0 saturated heterocycles. The van der Waals surface area contributed by atoms with Crippen molar-refractivity contribution in [2.45, 2.75) is 43.3 Å². The number of sulfone groups is 1. The molecule has 0 unspecified atom stereocenters. The zero-order valence-corrected chi connectivity index (χ0v) is 16.3. The number of hydrogen-bond acceptors (Lipinski definition) is 5. The fraction of sp³-hybridized carbons (Fsp3) is 0.412. The Kier molecular flexibility index (Phi) is 4.36. The number of nitrogens with zero attached hydrogens (tertiary/aromatic N) is 2. The van der Waals surface area contributed by atoms with Crippen LogP contribution in [0.15, 0.2) is 29.3 Å². The van der Waals surface area contributed by atoms with E-state index >= 15 is 0 Å². The topological polar surface area (TPSA) is 80.5 Å². The first-order chi connectivity index (χ1) is 11.7. The number of amides is 1. The van der Waals surface area contributed by atoms with Crippen molar-refractivity contribution in [2.24, 2.45) is 0 Å². The first kappa shape index (κ1) is 17.9. The van der Waals surface area contributed by atoms with Gasteiger partial charge >= 0.3 is 0 Å². The van der Waals surface area contributed by atoms with Crippen molar-refractivity contribution in [1.82, 2.24) is 14.7 Å². The molecule has 0 atom stereocenters. The van der Waals surface area contributed by atoms with E-state index in [4.69, 9.17) is 0 Å². The van der Waals surface area contributed by atoms with Crippen molar-refractivity contribution in [3.8, 4) is 0 Å². The number of aromatic nitrogens is 2. The van der Waals surface area contributed by atoms with Crippen LogP contribution in [0.25, 0.3) is 15.2 Å². The van der Waals surface area contributed by atoms with Crippen LogP contribution in [0.3, 0.4) is 0 Å². The van der Waals surface area contributed by atoms with E-state index in [1.807, 2.05) is 10.6 Å². The SMILES string of the molecule is CCCc1cn2c(n1)sc1cc(S(=O)(=O)C(C)(C)C(=O)NC)ccc12. The lowest BCUT2D eigenvalue weighted by Gasteiger charge is -2.22. The molecule has 134 valence electrons. The minimum absolute atomic E-state index is 0.145. The highest BCUT2D eigenvalue weighted by molar-refractivity contribution is 7.93. The average Bonchev–Trinajstić information content (AvgIpc) is 3.10. The molecule has 0 bridgehead atoms. The van der Waals surface area contributed by atoms with Gasteiger partial charge in [-0.3, -0.25) is 9.20 Å². The third-order valence-electron chi connectivity index (χ3n) is 4.38. The molecule has 2 aromatic heterocycles. The minimum Gasteiger partial charge on any atom is -0.358 e. The lowest BCUT2D eigenvalue weighted by Crippen LogP contribution is -2.46. The van der Waals surface area contributed by atoms with Crippen LogP contribution in [0.5, 0.6) is 0 Å². The average molecular weight is 380 g/mol. The fourth-order valence-electron chi connectivity index (χ4n) is 2.79. The summed E-state index contributed by atoms with van der Waals surface area (Å²) in [5.74, 6) is -0.530. The van der Waals surface area contributed by atoms with Gasteiger partial charge in [-0.2, -0.15) is 0 Å². The van der Waals surface area contributed by atoms with Crippen molar-refractivity contribution in [2.75, 3.05) is 7.05 Å². The van der Waals surface area contributed by atoms with Gasteiger partial charge in [0.1, 0.15) is 4.75 Å². The summed E-state index contributed by atoms with van der Waals surface area (Å²) in [4.78, 5) is 17.6. The van der Waals surface area contributed by atoms with Gasteiger partial charge in [0.2, 0.25) is 5.91 Å². The number of hydrogen-bond donors (Lipinski definition) is 1. The van der Waals surface area contributed by atoms with Crippen LogP contribution in [0.4, 0.5) is 0 Å². The maximum atomic E-state index is 12.9. The maximum Gasteiger partial charge on any atom is 0.241 e. The molecule has 2 heterocycles. The van der Waals surface area contributed by atoms with E-state index in [1.54, 1.807) is 18.2 Å². The van der Waals surface area contributed by atoms with E-state index in [2.05, 4.69) is 17.2 Å². The molecule has 3 rings (SSSR count). The van der Waals surface area contributed by atoms with Crippen LogP contribution in [0, 0.1) is 0 Å². The molecule has 0 radical (unpaired) electrons. The highest BCUT2D eigenvalue weighted by atomic mass is 32.2. The van der Waals surface area contributed by atoms with Crippen molar-refractivity contribution in [3.05, 3.63) is 30.1 Å². The Morgan fingerprint density at radius 1 is 1.36 bits per heavy atom. The van der Waals surface area contributed by atoms with Gasteiger partial charge in [0.15, 0.2) is 14.8 Å². The number of rotatable bonds is 5. The van der Waals surface area contributed by atoms with Gasteiger partial charge in [-0.15, -0.1) is 0 Å². The summed E-state index contributed by atoms with van der Waals surface area (Å²) < 4.78 is 27.1. The third-order valence-corrected chi connectivity index (χ3v) is 7.80. The minimum atomic E-state index is -3.81.